The molecule has 3 heterocycles. The molecule has 3 aliphatic heterocycles. The number of amides is 1. The zero-order chi connectivity index (χ0) is 16.2. The first kappa shape index (κ1) is 16.0. The highest BCUT2D eigenvalue weighted by Crippen LogP contribution is 2.45. The highest BCUT2D eigenvalue weighted by Gasteiger charge is 2.61. The van der Waals surface area contributed by atoms with Gasteiger partial charge in [0.05, 0.1) is 19.3 Å². The SMILES string of the molecule is CC(C)(C)OC(=O)NC[C@]12COC(C[C@H]3OC(C)(C)O[C@H]31)O2. The van der Waals surface area contributed by atoms with Crippen LogP contribution in [0.3, 0.4) is 0 Å². The van der Waals surface area contributed by atoms with Crippen LogP contribution in [-0.4, -0.2) is 54.7 Å². The van der Waals surface area contributed by atoms with Crippen molar-refractivity contribution >= 4 is 6.09 Å². The molecule has 0 aliphatic carbocycles. The molecule has 7 nitrogen and oxygen atoms in total. The molecule has 0 saturated carbocycles. The van der Waals surface area contributed by atoms with Crippen molar-refractivity contribution < 1.29 is 28.5 Å². The van der Waals surface area contributed by atoms with E-state index in [1.807, 2.05) is 34.6 Å². The van der Waals surface area contributed by atoms with Gasteiger partial charge < -0.3 is 29.0 Å². The Kier molecular flexibility index (Phi) is 3.67. The summed E-state index contributed by atoms with van der Waals surface area (Å²) in [6.07, 6.45) is -0.497. The van der Waals surface area contributed by atoms with Crippen LogP contribution in [0.2, 0.25) is 0 Å². The number of fused-ring (bicyclic) bond motifs is 4. The minimum Gasteiger partial charge on any atom is -0.444 e. The highest BCUT2D eigenvalue weighted by atomic mass is 16.8. The van der Waals surface area contributed by atoms with Crippen LogP contribution in [0.15, 0.2) is 0 Å². The van der Waals surface area contributed by atoms with Crippen LogP contribution in [0.4, 0.5) is 4.79 Å². The Balaban J connectivity index is 1.67. The van der Waals surface area contributed by atoms with Crippen LogP contribution < -0.4 is 5.32 Å². The summed E-state index contributed by atoms with van der Waals surface area (Å²) < 4.78 is 28.8. The zero-order valence-corrected chi connectivity index (χ0v) is 13.8. The van der Waals surface area contributed by atoms with Gasteiger partial charge in [-0.1, -0.05) is 0 Å². The minimum atomic E-state index is -0.724. The Bertz CT molecular complexity index is 459. The van der Waals surface area contributed by atoms with Crippen LogP contribution in [0.1, 0.15) is 41.0 Å². The van der Waals surface area contributed by atoms with Gasteiger partial charge in [-0.3, -0.25) is 0 Å². The van der Waals surface area contributed by atoms with Gasteiger partial charge in [-0.2, -0.15) is 0 Å². The smallest absolute Gasteiger partial charge is 0.407 e. The number of hydrogen-bond donors (Lipinski definition) is 1. The molecule has 4 atom stereocenters. The van der Waals surface area contributed by atoms with Crippen molar-refractivity contribution in [2.75, 3.05) is 13.2 Å². The zero-order valence-electron chi connectivity index (χ0n) is 13.8. The Morgan fingerprint density at radius 1 is 1.27 bits per heavy atom. The van der Waals surface area contributed by atoms with Gasteiger partial charge in [0.2, 0.25) is 0 Å². The molecule has 2 bridgehead atoms. The lowest BCUT2D eigenvalue weighted by Crippen LogP contribution is -2.59. The number of hydrogen-bond acceptors (Lipinski definition) is 6. The molecule has 1 amide bonds. The average Bonchev–Trinajstić information content (AvgIpc) is 2.85. The second-order valence-corrected chi connectivity index (χ2v) is 7.61. The molecule has 3 saturated heterocycles. The molecule has 7 heteroatoms. The van der Waals surface area contributed by atoms with Gasteiger partial charge in [-0.05, 0) is 34.6 Å². The second kappa shape index (κ2) is 5.06. The van der Waals surface area contributed by atoms with Gasteiger partial charge in [0.25, 0.3) is 0 Å². The third kappa shape index (κ3) is 3.08. The number of ether oxygens (including phenoxy) is 5. The lowest BCUT2D eigenvalue weighted by molar-refractivity contribution is -0.184. The van der Waals surface area contributed by atoms with E-state index in [4.69, 9.17) is 23.7 Å². The van der Waals surface area contributed by atoms with E-state index in [9.17, 15) is 4.79 Å². The Labute approximate surface area is 130 Å². The quantitative estimate of drug-likeness (QED) is 0.833. The van der Waals surface area contributed by atoms with Gasteiger partial charge >= 0.3 is 6.09 Å². The second-order valence-electron chi connectivity index (χ2n) is 7.61. The largest absolute Gasteiger partial charge is 0.444 e. The van der Waals surface area contributed by atoms with E-state index in [-0.39, 0.29) is 25.0 Å². The van der Waals surface area contributed by atoms with E-state index >= 15 is 0 Å². The van der Waals surface area contributed by atoms with Gasteiger partial charge in [-0.15, -0.1) is 0 Å². The van der Waals surface area contributed by atoms with E-state index in [2.05, 4.69) is 5.32 Å². The predicted molar refractivity (Wildman–Crippen MR) is 76.2 cm³/mol. The van der Waals surface area contributed by atoms with Gasteiger partial charge in [0.1, 0.15) is 17.3 Å². The maximum absolute atomic E-state index is 11.9. The van der Waals surface area contributed by atoms with Crippen molar-refractivity contribution in [1.82, 2.24) is 5.32 Å². The molecular formula is C15H25NO6. The summed E-state index contributed by atoms with van der Waals surface area (Å²) in [5.74, 6) is -0.651. The van der Waals surface area contributed by atoms with Crippen molar-refractivity contribution in [3.8, 4) is 0 Å². The van der Waals surface area contributed by atoms with E-state index in [1.165, 1.54) is 0 Å². The first-order valence-corrected chi connectivity index (χ1v) is 7.71. The minimum absolute atomic E-state index is 0.0864. The van der Waals surface area contributed by atoms with Crippen LogP contribution >= 0.6 is 0 Å². The molecule has 22 heavy (non-hydrogen) atoms. The van der Waals surface area contributed by atoms with E-state index in [0.717, 1.165) is 0 Å². The molecule has 1 unspecified atom stereocenters. The lowest BCUT2D eigenvalue weighted by Gasteiger charge is -2.38. The summed E-state index contributed by atoms with van der Waals surface area (Å²) in [7, 11) is 0. The number of carbonyl (C=O) groups is 1. The first-order chi connectivity index (χ1) is 10.1. The molecule has 3 fully saturated rings. The van der Waals surface area contributed by atoms with Crippen molar-refractivity contribution in [3.63, 3.8) is 0 Å². The summed E-state index contributed by atoms with van der Waals surface area (Å²) in [4.78, 5) is 11.9. The summed E-state index contributed by atoms with van der Waals surface area (Å²) in [6.45, 7) is 9.87. The molecule has 0 aromatic heterocycles. The summed E-state index contributed by atoms with van der Waals surface area (Å²) in [5.41, 5.74) is -1.26. The number of nitrogens with one attached hydrogen (secondary N) is 1. The standard InChI is InChI=1S/C15H25NO6/c1-13(2,3)22-12(17)16-7-15-8-18-10(20-15)6-9-11(15)21-14(4,5)19-9/h9-11H,6-8H2,1-5H3,(H,16,17)/t9-,10?,11-,15+/m1/s1. The van der Waals surface area contributed by atoms with E-state index < -0.39 is 23.1 Å². The third-order valence-electron chi connectivity index (χ3n) is 3.94. The molecular weight excluding hydrogens is 290 g/mol. The molecule has 3 aliphatic rings. The fraction of sp³-hybridized carbons (Fsp3) is 0.933. The molecule has 1 N–H and O–H groups in total. The maximum Gasteiger partial charge on any atom is 0.407 e. The van der Waals surface area contributed by atoms with Crippen LogP contribution in [-0.2, 0) is 23.7 Å². The molecule has 0 radical (unpaired) electrons. The Hall–Kier alpha value is -0.890. The monoisotopic (exact) mass is 315 g/mol. The van der Waals surface area contributed by atoms with E-state index in [1.54, 1.807) is 0 Å². The summed E-state index contributed by atoms with van der Waals surface area (Å²) >= 11 is 0. The van der Waals surface area contributed by atoms with Crippen molar-refractivity contribution in [3.05, 3.63) is 0 Å². The number of alkyl carbamates (subject to hydrolysis) is 1. The number of carbonyl (C=O) groups excluding carboxylic acids is 1. The maximum atomic E-state index is 11.9. The molecule has 3 rings (SSSR count). The van der Waals surface area contributed by atoms with Gasteiger partial charge in [0, 0.05) is 6.42 Å². The highest BCUT2D eigenvalue weighted by molar-refractivity contribution is 5.67. The Morgan fingerprint density at radius 3 is 2.68 bits per heavy atom. The van der Waals surface area contributed by atoms with Crippen LogP contribution in [0, 0.1) is 0 Å². The third-order valence-corrected chi connectivity index (χ3v) is 3.94. The fourth-order valence-corrected chi connectivity index (χ4v) is 3.20. The Morgan fingerprint density at radius 2 is 2.00 bits per heavy atom. The van der Waals surface area contributed by atoms with Crippen molar-refractivity contribution in [1.29, 1.82) is 0 Å². The normalized spacial score (nSPS) is 39.4. The van der Waals surface area contributed by atoms with Crippen LogP contribution in [0.25, 0.3) is 0 Å². The van der Waals surface area contributed by atoms with Crippen molar-refractivity contribution in [2.45, 2.75) is 76.5 Å². The van der Waals surface area contributed by atoms with E-state index in [0.29, 0.717) is 13.0 Å². The van der Waals surface area contributed by atoms with Gasteiger partial charge in [-0.25, -0.2) is 4.79 Å². The first-order valence-electron chi connectivity index (χ1n) is 7.71. The average molecular weight is 315 g/mol. The molecule has 0 spiro atoms. The molecule has 0 aromatic rings. The summed E-state index contributed by atoms with van der Waals surface area (Å²) in [6, 6.07) is 0. The fourth-order valence-electron chi connectivity index (χ4n) is 3.20. The molecule has 126 valence electrons. The summed E-state index contributed by atoms with van der Waals surface area (Å²) in [5, 5.41) is 2.77. The predicted octanol–water partition coefficient (Wildman–Crippen LogP) is 1.55. The van der Waals surface area contributed by atoms with Gasteiger partial charge in [0.15, 0.2) is 12.1 Å². The van der Waals surface area contributed by atoms with Crippen molar-refractivity contribution in [2.24, 2.45) is 0 Å². The topological polar surface area (TPSA) is 75.3 Å². The number of rotatable bonds is 2. The van der Waals surface area contributed by atoms with Crippen LogP contribution in [0.5, 0.6) is 0 Å². The lowest BCUT2D eigenvalue weighted by atomic mass is 9.90. The molecule has 0 aromatic carbocycles.